The molecular formula is C13H18N2O. The van der Waals surface area contributed by atoms with E-state index in [0.29, 0.717) is 0 Å². The van der Waals surface area contributed by atoms with Crippen LogP contribution in [0.2, 0.25) is 0 Å². The topological polar surface area (TPSA) is 38.0 Å². The number of aryl methyl sites for hydroxylation is 1. The summed E-state index contributed by atoms with van der Waals surface area (Å²) in [6.07, 6.45) is 0.796. The standard InChI is InChI=1S/C13H18N2O/c1-13(2,9-16)8-11-10-6-4-5-7-12(10)15(3)14-11/h4-7,16H,8-9H2,1-3H3. The van der Waals surface area contributed by atoms with Crippen LogP contribution in [-0.2, 0) is 13.5 Å². The second kappa shape index (κ2) is 3.91. The third-order valence-corrected chi connectivity index (χ3v) is 2.91. The molecule has 2 aromatic rings. The van der Waals surface area contributed by atoms with Crippen LogP contribution in [0, 0.1) is 5.41 Å². The van der Waals surface area contributed by atoms with Gasteiger partial charge in [-0.2, -0.15) is 5.10 Å². The molecule has 0 unspecified atom stereocenters. The Hall–Kier alpha value is -1.35. The van der Waals surface area contributed by atoms with Crippen LogP contribution in [0.4, 0.5) is 0 Å². The minimum atomic E-state index is -0.114. The van der Waals surface area contributed by atoms with Gasteiger partial charge in [-0.05, 0) is 17.9 Å². The van der Waals surface area contributed by atoms with Crippen molar-refractivity contribution >= 4 is 10.9 Å². The van der Waals surface area contributed by atoms with E-state index in [0.717, 1.165) is 17.6 Å². The van der Waals surface area contributed by atoms with Crippen LogP contribution < -0.4 is 0 Å². The number of aliphatic hydroxyl groups is 1. The molecule has 0 atom stereocenters. The Kier molecular flexibility index (Phi) is 2.72. The third kappa shape index (κ3) is 1.95. The minimum absolute atomic E-state index is 0.114. The Labute approximate surface area is 95.7 Å². The second-order valence-electron chi connectivity index (χ2n) is 5.09. The summed E-state index contributed by atoms with van der Waals surface area (Å²) in [6, 6.07) is 8.20. The molecule has 0 saturated carbocycles. The van der Waals surface area contributed by atoms with E-state index < -0.39 is 0 Å². The van der Waals surface area contributed by atoms with Crippen molar-refractivity contribution in [1.29, 1.82) is 0 Å². The lowest BCUT2D eigenvalue weighted by molar-refractivity contribution is 0.159. The SMILES string of the molecule is Cn1nc(CC(C)(C)CO)c2ccccc21. The first-order valence-electron chi connectivity index (χ1n) is 5.55. The van der Waals surface area contributed by atoms with E-state index in [2.05, 4.69) is 31.1 Å². The van der Waals surface area contributed by atoms with E-state index in [1.54, 1.807) is 0 Å². The van der Waals surface area contributed by atoms with Crippen molar-refractivity contribution in [3.63, 3.8) is 0 Å². The highest BCUT2D eigenvalue weighted by molar-refractivity contribution is 5.81. The van der Waals surface area contributed by atoms with Crippen LogP contribution in [0.15, 0.2) is 24.3 Å². The summed E-state index contributed by atoms with van der Waals surface area (Å²) in [5.74, 6) is 0. The molecule has 0 aliphatic heterocycles. The number of aliphatic hydroxyl groups excluding tert-OH is 1. The molecule has 86 valence electrons. The summed E-state index contributed by atoms with van der Waals surface area (Å²) in [5.41, 5.74) is 2.10. The van der Waals surface area contributed by atoms with Gasteiger partial charge < -0.3 is 5.11 Å². The van der Waals surface area contributed by atoms with Crippen molar-refractivity contribution in [2.24, 2.45) is 12.5 Å². The molecule has 3 heteroatoms. The van der Waals surface area contributed by atoms with E-state index in [9.17, 15) is 5.11 Å². The molecule has 3 nitrogen and oxygen atoms in total. The molecule has 0 saturated heterocycles. The Morgan fingerprint density at radius 3 is 2.69 bits per heavy atom. The highest BCUT2D eigenvalue weighted by Gasteiger charge is 2.20. The predicted molar refractivity (Wildman–Crippen MR) is 65.3 cm³/mol. The molecular weight excluding hydrogens is 200 g/mol. The second-order valence-corrected chi connectivity index (χ2v) is 5.09. The van der Waals surface area contributed by atoms with Gasteiger partial charge in [0.25, 0.3) is 0 Å². The number of nitrogens with zero attached hydrogens (tertiary/aromatic N) is 2. The van der Waals surface area contributed by atoms with Gasteiger partial charge in [-0.25, -0.2) is 0 Å². The fourth-order valence-corrected chi connectivity index (χ4v) is 1.93. The predicted octanol–water partition coefficient (Wildman–Crippen LogP) is 2.13. The van der Waals surface area contributed by atoms with Crippen LogP contribution in [0.25, 0.3) is 10.9 Å². The number of fused-ring (bicyclic) bond motifs is 1. The van der Waals surface area contributed by atoms with Crippen molar-refractivity contribution in [2.45, 2.75) is 20.3 Å². The Bertz CT molecular complexity index is 500. The number of aromatic nitrogens is 2. The molecule has 2 rings (SSSR count). The number of rotatable bonds is 3. The number of para-hydroxylation sites is 1. The van der Waals surface area contributed by atoms with Gasteiger partial charge >= 0.3 is 0 Å². The summed E-state index contributed by atoms with van der Waals surface area (Å²) >= 11 is 0. The fraction of sp³-hybridized carbons (Fsp3) is 0.462. The van der Waals surface area contributed by atoms with Gasteiger partial charge in [-0.1, -0.05) is 32.0 Å². The largest absolute Gasteiger partial charge is 0.396 e. The molecule has 0 fully saturated rings. The molecule has 1 heterocycles. The lowest BCUT2D eigenvalue weighted by atomic mass is 9.88. The summed E-state index contributed by atoms with van der Waals surface area (Å²) in [5, 5.41) is 15.0. The zero-order valence-electron chi connectivity index (χ0n) is 10.1. The molecule has 0 amide bonds. The van der Waals surface area contributed by atoms with Crippen LogP contribution in [0.5, 0.6) is 0 Å². The van der Waals surface area contributed by atoms with Crippen molar-refractivity contribution in [3.05, 3.63) is 30.0 Å². The maximum Gasteiger partial charge on any atom is 0.0709 e. The van der Waals surface area contributed by atoms with E-state index in [1.165, 1.54) is 5.39 Å². The Morgan fingerprint density at radius 2 is 2.00 bits per heavy atom. The first-order chi connectivity index (χ1) is 7.53. The van der Waals surface area contributed by atoms with Crippen LogP contribution in [0.3, 0.4) is 0 Å². The number of hydrogen-bond donors (Lipinski definition) is 1. The lowest BCUT2D eigenvalue weighted by Gasteiger charge is -2.19. The monoisotopic (exact) mass is 218 g/mol. The van der Waals surface area contributed by atoms with E-state index in [-0.39, 0.29) is 12.0 Å². The average Bonchev–Trinajstić information content (AvgIpc) is 2.56. The number of hydrogen-bond acceptors (Lipinski definition) is 2. The third-order valence-electron chi connectivity index (χ3n) is 2.91. The molecule has 0 aliphatic carbocycles. The summed E-state index contributed by atoms with van der Waals surface area (Å²) < 4.78 is 1.90. The fourth-order valence-electron chi connectivity index (χ4n) is 1.93. The van der Waals surface area contributed by atoms with E-state index in [1.807, 2.05) is 23.9 Å². The van der Waals surface area contributed by atoms with Gasteiger partial charge in [0.15, 0.2) is 0 Å². The minimum Gasteiger partial charge on any atom is -0.396 e. The molecule has 1 aromatic carbocycles. The van der Waals surface area contributed by atoms with Gasteiger partial charge in [0, 0.05) is 19.0 Å². The van der Waals surface area contributed by atoms with Gasteiger partial charge in [-0.3, -0.25) is 4.68 Å². The molecule has 1 N–H and O–H groups in total. The van der Waals surface area contributed by atoms with Crippen molar-refractivity contribution in [3.8, 4) is 0 Å². The first kappa shape index (κ1) is 11.1. The summed E-state index contributed by atoms with van der Waals surface area (Å²) in [6.45, 7) is 4.28. The Balaban J connectivity index is 2.46. The van der Waals surface area contributed by atoms with Crippen LogP contribution in [-0.4, -0.2) is 21.5 Å². The van der Waals surface area contributed by atoms with Gasteiger partial charge in [0.05, 0.1) is 11.2 Å². The summed E-state index contributed by atoms with van der Waals surface area (Å²) in [4.78, 5) is 0. The zero-order valence-corrected chi connectivity index (χ0v) is 10.1. The molecule has 0 bridgehead atoms. The van der Waals surface area contributed by atoms with E-state index in [4.69, 9.17) is 0 Å². The van der Waals surface area contributed by atoms with Crippen molar-refractivity contribution in [1.82, 2.24) is 9.78 Å². The maximum absolute atomic E-state index is 9.30. The average molecular weight is 218 g/mol. The van der Waals surface area contributed by atoms with Crippen LogP contribution in [0.1, 0.15) is 19.5 Å². The van der Waals surface area contributed by atoms with Gasteiger partial charge in [-0.15, -0.1) is 0 Å². The van der Waals surface area contributed by atoms with Gasteiger partial charge in [0.1, 0.15) is 0 Å². The Morgan fingerprint density at radius 1 is 1.31 bits per heavy atom. The molecule has 1 aromatic heterocycles. The quantitative estimate of drug-likeness (QED) is 0.857. The molecule has 0 aliphatic rings. The van der Waals surface area contributed by atoms with Crippen molar-refractivity contribution < 1.29 is 5.11 Å². The van der Waals surface area contributed by atoms with E-state index >= 15 is 0 Å². The molecule has 0 radical (unpaired) electrons. The normalized spacial score (nSPS) is 12.2. The molecule has 0 spiro atoms. The van der Waals surface area contributed by atoms with Gasteiger partial charge in [0.2, 0.25) is 0 Å². The van der Waals surface area contributed by atoms with Crippen LogP contribution >= 0.6 is 0 Å². The summed E-state index contributed by atoms with van der Waals surface area (Å²) in [7, 11) is 1.96. The lowest BCUT2D eigenvalue weighted by Crippen LogP contribution is -2.20. The molecule has 16 heavy (non-hydrogen) atoms. The van der Waals surface area contributed by atoms with Crippen molar-refractivity contribution in [2.75, 3.05) is 6.61 Å². The highest BCUT2D eigenvalue weighted by Crippen LogP contribution is 2.25. The first-order valence-corrected chi connectivity index (χ1v) is 5.55. The highest BCUT2D eigenvalue weighted by atomic mass is 16.3. The zero-order chi connectivity index (χ0) is 11.8. The maximum atomic E-state index is 9.30. The smallest absolute Gasteiger partial charge is 0.0709 e. The number of benzene rings is 1.